The number of benzene rings is 1. The number of methoxy groups -OCH3 is 1. The number of hydrogen-bond acceptors (Lipinski definition) is 6. The molecule has 0 aromatic heterocycles. The van der Waals surface area contributed by atoms with Gasteiger partial charge in [0.05, 0.1) is 29.2 Å². The first kappa shape index (κ1) is 16.7. The van der Waals surface area contributed by atoms with E-state index in [9.17, 15) is 24.8 Å². The molecule has 9 heteroatoms. The van der Waals surface area contributed by atoms with E-state index in [0.29, 0.717) is 13.2 Å². The summed E-state index contributed by atoms with van der Waals surface area (Å²) in [7, 11) is 1.53. The number of phenolic OH excluding ortho intramolecular Hbond substituents is 1. The van der Waals surface area contributed by atoms with Gasteiger partial charge in [-0.2, -0.15) is 0 Å². The number of hydrogen-bond donors (Lipinski definition) is 2. The van der Waals surface area contributed by atoms with Crippen LogP contribution in [0.5, 0.6) is 5.75 Å². The number of carbonyl (C=O) groups excluding carboxylic acids is 2. The van der Waals surface area contributed by atoms with Crippen LogP contribution in [0.15, 0.2) is 18.2 Å². The maximum atomic E-state index is 12.2. The maximum absolute atomic E-state index is 12.2. The summed E-state index contributed by atoms with van der Waals surface area (Å²) in [6, 6.07) is 3.39. The molecule has 0 aliphatic carbocycles. The van der Waals surface area contributed by atoms with Crippen LogP contribution in [0, 0.1) is 16.0 Å². The van der Waals surface area contributed by atoms with E-state index in [0.717, 1.165) is 6.07 Å². The highest BCUT2D eigenvalue weighted by atomic mass is 16.6. The number of amides is 2. The lowest BCUT2D eigenvalue weighted by molar-refractivity contribution is -0.384. The normalized spacial score (nSPS) is 17.3. The lowest BCUT2D eigenvalue weighted by Gasteiger charge is -2.16. The first-order valence-corrected chi connectivity index (χ1v) is 6.97. The van der Waals surface area contributed by atoms with Gasteiger partial charge in [0.15, 0.2) is 0 Å². The topological polar surface area (TPSA) is 122 Å². The average Bonchev–Trinajstić information content (AvgIpc) is 2.88. The summed E-state index contributed by atoms with van der Waals surface area (Å²) in [6.07, 6.45) is 0.0866. The Morgan fingerprint density at radius 3 is 2.91 bits per heavy atom. The fourth-order valence-electron chi connectivity index (χ4n) is 2.34. The minimum atomic E-state index is -0.644. The molecule has 2 rings (SSSR count). The number of likely N-dealkylation sites (tertiary alicyclic amines) is 1. The number of aromatic hydroxyl groups is 1. The monoisotopic (exact) mass is 323 g/mol. The number of nitrogens with one attached hydrogen (secondary N) is 1. The van der Waals surface area contributed by atoms with Crippen molar-refractivity contribution in [2.75, 3.05) is 32.1 Å². The van der Waals surface area contributed by atoms with Gasteiger partial charge in [-0.1, -0.05) is 0 Å². The standard InChI is InChI=1S/C14H17N3O6/c1-23-5-4-16-8-9(6-13(16)19)14(20)15-11-3-2-10(17(21)22)7-12(11)18/h2-3,7,9,18H,4-6,8H2,1H3,(H,15,20). The highest BCUT2D eigenvalue weighted by molar-refractivity contribution is 5.98. The Hall–Kier alpha value is -2.68. The van der Waals surface area contributed by atoms with E-state index in [-0.39, 0.29) is 30.2 Å². The van der Waals surface area contributed by atoms with Crippen LogP contribution in [-0.2, 0) is 14.3 Å². The van der Waals surface area contributed by atoms with Crippen molar-refractivity contribution in [3.05, 3.63) is 28.3 Å². The Morgan fingerprint density at radius 2 is 2.30 bits per heavy atom. The molecule has 1 aliphatic rings. The lowest BCUT2D eigenvalue weighted by atomic mass is 10.1. The molecule has 1 atom stereocenters. The molecule has 1 aliphatic heterocycles. The Balaban J connectivity index is 2.00. The van der Waals surface area contributed by atoms with Crippen molar-refractivity contribution < 1.29 is 24.4 Å². The summed E-state index contributed by atoms with van der Waals surface area (Å²) in [4.78, 5) is 35.5. The van der Waals surface area contributed by atoms with Gasteiger partial charge in [0, 0.05) is 32.7 Å². The van der Waals surface area contributed by atoms with Crippen molar-refractivity contribution in [3.63, 3.8) is 0 Å². The van der Waals surface area contributed by atoms with Gasteiger partial charge in [-0.25, -0.2) is 0 Å². The fraction of sp³-hybridized carbons (Fsp3) is 0.429. The predicted octanol–water partition coefficient (Wildman–Crippen LogP) is 0.734. The van der Waals surface area contributed by atoms with E-state index in [1.165, 1.54) is 19.2 Å². The molecule has 1 aromatic carbocycles. The number of non-ortho nitro benzene ring substituents is 1. The van der Waals surface area contributed by atoms with Gasteiger partial charge in [-0.3, -0.25) is 19.7 Å². The summed E-state index contributed by atoms with van der Waals surface area (Å²) in [5, 5.41) is 22.8. The third-order valence-corrected chi connectivity index (χ3v) is 3.60. The van der Waals surface area contributed by atoms with Crippen molar-refractivity contribution in [2.24, 2.45) is 5.92 Å². The minimum Gasteiger partial charge on any atom is -0.506 e. The second-order valence-electron chi connectivity index (χ2n) is 5.18. The Morgan fingerprint density at radius 1 is 1.57 bits per heavy atom. The summed E-state index contributed by atoms with van der Waals surface area (Å²) >= 11 is 0. The zero-order valence-electron chi connectivity index (χ0n) is 12.5. The van der Waals surface area contributed by atoms with Crippen LogP contribution in [0.25, 0.3) is 0 Å². The second-order valence-corrected chi connectivity index (χ2v) is 5.18. The quantitative estimate of drug-likeness (QED) is 0.452. The van der Waals surface area contributed by atoms with Crippen molar-refractivity contribution in [1.82, 2.24) is 4.90 Å². The van der Waals surface area contributed by atoms with E-state index in [1.54, 1.807) is 4.90 Å². The van der Waals surface area contributed by atoms with Gasteiger partial charge >= 0.3 is 0 Å². The first-order chi connectivity index (χ1) is 10.9. The largest absolute Gasteiger partial charge is 0.506 e. The summed E-state index contributed by atoms with van der Waals surface area (Å²) < 4.78 is 4.91. The second kappa shape index (κ2) is 7.05. The van der Waals surface area contributed by atoms with E-state index < -0.39 is 22.5 Å². The van der Waals surface area contributed by atoms with Gasteiger partial charge in [-0.15, -0.1) is 0 Å². The highest BCUT2D eigenvalue weighted by Crippen LogP contribution is 2.29. The van der Waals surface area contributed by atoms with Crippen LogP contribution < -0.4 is 5.32 Å². The van der Waals surface area contributed by atoms with Crippen molar-refractivity contribution in [3.8, 4) is 5.75 Å². The number of ether oxygens (including phenoxy) is 1. The van der Waals surface area contributed by atoms with Crippen LogP contribution in [0.3, 0.4) is 0 Å². The third kappa shape index (κ3) is 3.95. The number of carbonyl (C=O) groups is 2. The van der Waals surface area contributed by atoms with Crippen LogP contribution in [-0.4, -0.2) is 53.6 Å². The summed E-state index contributed by atoms with van der Waals surface area (Å²) in [5.74, 6) is -1.47. The molecule has 124 valence electrons. The molecule has 1 aromatic rings. The molecule has 0 radical (unpaired) electrons. The number of nitro groups is 1. The smallest absolute Gasteiger partial charge is 0.273 e. The van der Waals surface area contributed by atoms with Crippen LogP contribution >= 0.6 is 0 Å². The number of nitrogens with zero attached hydrogens (tertiary/aromatic N) is 2. The fourth-order valence-corrected chi connectivity index (χ4v) is 2.34. The average molecular weight is 323 g/mol. The zero-order valence-corrected chi connectivity index (χ0v) is 12.5. The van der Waals surface area contributed by atoms with E-state index in [1.807, 2.05) is 0 Å². The van der Waals surface area contributed by atoms with Gasteiger partial charge < -0.3 is 20.1 Å². The van der Waals surface area contributed by atoms with Gasteiger partial charge in [0.1, 0.15) is 5.75 Å². The maximum Gasteiger partial charge on any atom is 0.273 e. The molecule has 1 fully saturated rings. The molecule has 23 heavy (non-hydrogen) atoms. The van der Waals surface area contributed by atoms with E-state index in [2.05, 4.69) is 5.32 Å². The third-order valence-electron chi connectivity index (χ3n) is 3.60. The van der Waals surface area contributed by atoms with Crippen LogP contribution in [0.4, 0.5) is 11.4 Å². The van der Waals surface area contributed by atoms with Gasteiger partial charge in [0.25, 0.3) is 5.69 Å². The molecule has 1 saturated heterocycles. The highest BCUT2D eigenvalue weighted by Gasteiger charge is 2.34. The molecule has 0 spiro atoms. The Kier molecular flexibility index (Phi) is 5.12. The summed E-state index contributed by atoms with van der Waals surface area (Å²) in [6.45, 7) is 1.09. The van der Waals surface area contributed by atoms with Crippen molar-refractivity contribution in [2.45, 2.75) is 6.42 Å². The van der Waals surface area contributed by atoms with Crippen molar-refractivity contribution >= 4 is 23.2 Å². The number of nitro benzene ring substituents is 1. The summed E-state index contributed by atoms with van der Waals surface area (Å²) in [5.41, 5.74) is -0.203. The van der Waals surface area contributed by atoms with Crippen LogP contribution in [0.2, 0.25) is 0 Å². The Labute approximate surface area is 132 Å². The minimum absolute atomic E-state index is 0.0726. The molecular formula is C14H17N3O6. The van der Waals surface area contributed by atoms with Crippen LogP contribution in [0.1, 0.15) is 6.42 Å². The zero-order chi connectivity index (χ0) is 17.0. The molecule has 2 N–H and O–H groups in total. The predicted molar refractivity (Wildman–Crippen MR) is 80.0 cm³/mol. The van der Waals surface area contributed by atoms with E-state index >= 15 is 0 Å². The number of rotatable bonds is 6. The molecule has 0 bridgehead atoms. The number of phenols is 1. The SMILES string of the molecule is COCCN1CC(C(=O)Nc2ccc([N+](=O)[O-])cc2O)CC1=O. The molecule has 2 amide bonds. The molecule has 1 heterocycles. The van der Waals surface area contributed by atoms with Gasteiger partial charge in [0.2, 0.25) is 11.8 Å². The van der Waals surface area contributed by atoms with Gasteiger partial charge in [-0.05, 0) is 6.07 Å². The Bertz CT molecular complexity index is 633. The molecule has 9 nitrogen and oxygen atoms in total. The lowest BCUT2D eigenvalue weighted by Crippen LogP contribution is -2.30. The first-order valence-electron chi connectivity index (χ1n) is 6.97. The van der Waals surface area contributed by atoms with Crippen molar-refractivity contribution in [1.29, 1.82) is 0 Å². The van der Waals surface area contributed by atoms with E-state index in [4.69, 9.17) is 4.74 Å². The molecule has 0 saturated carbocycles. The molecule has 1 unspecified atom stereocenters. The number of anilines is 1. The molecular weight excluding hydrogens is 306 g/mol.